The summed E-state index contributed by atoms with van der Waals surface area (Å²) in [5.41, 5.74) is 6.21. The van der Waals surface area contributed by atoms with Gasteiger partial charge in [-0.1, -0.05) is 57.5 Å². The van der Waals surface area contributed by atoms with Crippen LogP contribution in [0.4, 0.5) is 4.79 Å². The fraction of sp³-hybridized carbons (Fsp3) is 0.436. The second-order valence-corrected chi connectivity index (χ2v) is 14.7. The quantitative estimate of drug-likeness (QED) is 0.146. The highest BCUT2D eigenvalue weighted by atomic mass is 16.5. The Morgan fingerprint density at radius 3 is 2.45 bits per heavy atom. The fourth-order valence-electron chi connectivity index (χ4n) is 8.45. The summed E-state index contributed by atoms with van der Waals surface area (Å²) in [5, 5.41) is 8.70. The number of H-pyrrole nitrogens is 2. The van der Waals surface area contributed by atoms with Crippen LogP contribution in [0.1, 0.15) is 76.6 Å². The molecular weight excluding hydrogens is 614 g/mol. The largest absolute Gasteiger partial charge is 0.453 e. The first-order chi connectivity index (χ1) is 23.7. The zero-order valence-corrected chi connectivity index (χ0v) is 28.6. The van der Waals surface area contributed by atoms with Gasteiger partial charge in [0.15, 0.2) is 0 Å². The third-order valence-corrected chi connectivity index (χ3v) is 11.1. The summed E-state index contributed by atoms with van der Waals surface area (Å²) in [4.78, 5) is 45.1. The van der Waals surface area contributed by atoms with Crippen LogP contribution in [0, 0.1) is 17.8 Å². The molecule has 10 nitrogen and oxygen atoms in total. The maximum absolute atomic E-state index is 14.1. The predicted molar refractivity (Wildman–Crippen MR) is 191 cm³/mol. The average molecular weight is 660 g/mol. The maximum Gasteiger partial charge on any atom is 0.407 e. The SMILES string of the molecule is COC(=O)NC(C(=O)N1C(c2nc3ccc(-c4ccc5cc(-c6cnc(C7CC(C)CN7)[nH]6)ccc5c4)cc3[nH]2)CC2CCCC21)C(C)C. The number of carbonyl (C=O) groups is 2. The van der Waals surface area contributed by atoms with Crippen LogP contribution in [-0.4, -0.2) is 62.6 Å². The number of benzene rings is 3. The van der Waals surface area contributed by atoms with Crippen LogP contribution in [0.25, 0.3) is 44.2 Å². The number of carbonyl (C=O) groups excluding carboxylic acids is 2. The van der Waals surface area contributed by atoms with Gasteiger partial charge in [0.2, 0.25) is 5.91 Å². The van der Waals surface area contributed by atoms with Gasteiger partial charge in [-0.2, -0.15) is 0 Å². The van der Waals surface area contributed by atoms with Gasteiger partial charge in [0, 0.05) is 11.6 Å². The van der Waals surface area contributed by atoms with Gasteiger partial charge in [-0.25, -0.2) is 14.8 Å². The number of nitrogens with one attached hydrogen (secondary N) is 4. The number of aromatic nitrogens is 4. The van der Waals surface area contributed by atoms with E-state index in [0.29, 0.717) is 17.9 Å². The van der Waals surface area contributed by atoms with Crippen molar-refractivity contribution in [1.82, 2.24) is 35.5 Å². The van der Waals surface area contributed by atoms with E-state index in [-0.39, 0.29) is 23.9 Å². The molecule has 1 aliphatic carbocycles. The molecule has 6 atom stereocenters. The first-order valence-electron chi connectivity index (χ1n) is 17.7. The topological polar surface area (TPSA) is 128 Å². The Balaban J connectivity index is 1.05. The number of methoxy groups -OCH3 is 1. The maximum atomic E-state index is 14.1. The molecule has 5 aromatic rings. The number of imidazole rings is 2. The van der Waals surface area contributed by atoms with Gasteiger partial charge in [0.05, 0.1) is 42.1 Å². The molecule has 3 aromatic carbocycles. The summed E-state index contributed by atoms with van der Waals surface area (Å²) in [7, 11) is 1.33. The van der Waals surface area contributed by atoms with Crippen molar-refractivity contribution in [2.24, 2.45) is 17.8 Å². The molecule has 3 aliphatic rings. The van der Waals surface area contributed by atoms with Crippen molar-refractivity contribution < 1.29 is 14.3 Å². The summed E-state index contributed by atoms with van der Waals surface area (Å²) < 4.78 is 4.85. The van der Waals surface area contributed by atoms with Crippen LogP contribution in [-0.2, 0) is 9.53 Å². The predicted octanol–water partition coefficient (Wildman–Crippen LogP) is 7.27. The standard InChI is InChI=1S/C39H45N7O3/c1-21(2)35(45-39(48)49-4)38(47)46-33-7-5-6-28(33)18-34(46)37-42-29-13-12-26(17-30(29)43-37)24-8-9-25-16-27(11-10-23(25)15-24)32-20-41-36(44-32)31-14-22(3)19-40-31/h8-13,15-17,20-22,28,31,33-35,40H,5-7,14,18-19H2,1-4H3,(H,41,44)(H,42,43)(H,45,48). The molecule has 0 bridgehead atoms. The third kappa shape index (κ3) is 5.86. The van der Waals surface area contributed by atoms with E-state index < -0.39 is 12.1 Å². The number of amides is 2. The summed E-state index contributed by atoms with van der Waals surface area (Å²) in [6.45, 7) is 7.21. The number of hydrogen-bond donors (Lipinski definition) is 4. The van der Waals surface area contributed by atoms with Crippen LogP contribution in [0.5, 0.6) is 0 Å². The van der Waals surface area contributed by atoms with Crippen LogP contribution in [0.2, 0.25) is 0 Å². The van der Waals surface area contributed by atoms with Crippen LogP contribution in [0.15, 0.2) is 60.8 Å². The molecule has 4 N–H and O–H groups in total. The van der Waals surface area contributed by atoms with E-state index in [1.807, 2.05) is 24.9 Å². The highest BCUT2D eigenvalue weighted by molar-refractivity contribution is 5.92. The van der Waals surface area contributed by atoms with Crippen molar-refractivity contribution in [2.45, 2.75) is 77.0 Å². The molecule has 1 saturated carbocycles. The first kappa shape index (κ1) is 31.6. The molecule has 2 saturated heterocycles. The number of aromatic amines is 2. The van der Waals surface area contributed by atoms with E-state index in [0.717, 1.165) is 83.7 Å². The molecule has 0 spiro atoms. The summed E-state index contributed by atoms with van der Waals surface area (Å²) >= 11 is 0. The summed E-state index contributed by atoms with van der Waals surface area (Å²) in [6.07, 6.45) is 6.52. The normalized spacial score (nSPS) is 24.2. The number of likely N-dealkylation sites (tertiary alicyclic amines) is 1. The molecular formula is C39H45N7O3. The zero-order valence-electron chi connectivity index (χ0n) is 28.6. The van der Waals surface area contributed by atoms with Gasteiger partial charge in [0.1, 0.15) is 17.7 Å². The molecule has 6 unspecified atom stereocenters. The Hall–Kier alpha value is -4.70. The monoisotopic (exact) mass is 659 g/mol. The van der Waals surface area contributed by atoms with Crippen molar-refractivity contribution in [3.63, 3.8) is 0 Å². The van der Waals surface area contributed by atoms with Crippen LogP contribution >= 0.6 is 0 Å². The molecule has 3 fully saturated rings. The van der Waals surface area contributed by atoms with E-state index in [1.165, 1.54) is 17.9 Å². The van der Waals surface area contributed by atoms with Gasteiger partial charge < -0.3 is 30.2 Å². The summed E-state index contributed by atoms with van der Waals surface area (Å²) in [5.74, 6) is 2.78. The average Bonchev–Trinajstić information content (AvgIpc) is 3.94. The van der Waals surface area contributed by atoms with Crippen molar-refractivity contribution in [3.8, 4) is 22.4 Å². The van der Waals surface area contributed by atoms with E-state index in [9.17, 15) is 9.59 Å². The highest BCUT2D eigenvalue weighted by Crippen LogP contribution is 2.47. The first-order valence-corrected chi connectivity index (χ1v) is 17.7. The van der Waals surface area contributed by atoms with Gasteiger partial charge in [-0.3, -0.25) is 4.79 Å². The number of alkyl carbamates (subject to hydrolysis) is 1. The Kier molecular flexibility index (Phi) is 8.14. The number of nitrogens with zero attached hydrogens (tertiary/aromatic N) is 3. The van der Waals surface area contributed by atoms with Crippen molar-refractivity contribution in [1.29, 1.82) is 0 Å². The smallest absolute Gasteiger partial charge is 0.407 e. The van der Waals surface area contributed by atoms with E-state index >= 15 is 0 Å². The molecule has 2 amide bonds. The van der Waals surface area contributed by atoms with Crippen molar-refractivity contribution >= 4 is 33.8 Å². The minimum Gasteiger partial charge on any atom is -0.453 e. The zero-order chi connectivity index (χ0) is 33.8. The minimum atomic E-state index is -0.663. The Bertz CT molecular complexity index is 2030. The summed E-state index contributed by atoms with van der Waals surface area (Å²) in [6, 6.07) is 19.1. The Labute approximate surface area is 286 Å². The molecule has 2 aromatic heterocycles. The molecule has 2 aliphatic heterocycles. The number of rotatable bonds is 7. The minimum absolute atomic E-state index is 0.0614. The third-order valence-electron chi connectivity index (χ3n) is 11.1. The van der Waals surface area contributed by atoms with Gasteiger partial charge in [0.25, 0.3) is 0 Å². The second kappa shape index (κ2) is 12.6. The van der Waals surface area contributed by atoms with Gasteiger partial charge in [-0.15, -0.1) is 0 Å². The molecule has 49 heavy (non-hydrogen) atoms. The van der Waals surface area contributed by atoms with Crippen LogP contribution < -0.4 is 10.6 Å². The molecule has 8 rings (SSSR count). The van der Waals surface area contributed by atoms with E-state index in [2.05, 4.69) is 87.1 Å². The second-order valence-electron chi connectivity index (χ2n) is 14.7. The van der Waals surface area contributed by atoms with E-state index in [4.69, 9.17) is 9.72 Å². The van der Waals surface area contributed by atoms with Crippen LogP contribution in [0.3, 0.4) is 0 Å². The number of hydrogen-bond acceptors (Lipinski definition) is 6. The lowest BCUT2D eigenvalue weighted by Crippen LogP contribution is -2.53. The molecule has 0 radical (unpaired) electrons. The fourth-order valence-corrected chi connectivity index (χ4v) is 8.45. The molecule has 10 heteroatoms. The number of ether oxygens (including phenoxy) is 1. The Morgan fingerprint density at radius 2 is 1.69 bits per heavy atom. The lowest BCUT2D eigenvalue weighted by atomic mass is 9.99. The lowest BCUT2D eigenvalue weighted by Gasteiger charge is -2.33. The van der Waals surface area contributed by atoms with Crippen molar-refractivity contribution in [2.75, 3.05) is 13.7 Å². The molecule has 254 valence electrons. The number of fused-ring (bicyclic) bond motifs is 3. The van der Waals surface area contributed by atoms with E-state index in [1.54, 1.807) is 0 Å². The highest BCUT2D eigenvalue weighted by Gasteiger charge is 2.49. The van der Waals surface area contributed by atoms with Gasteiger partial charge >= 0.3 is 6.09 Å². The van der Waals surface area contributed by atoms with Crippen molar-refractivity contribution in [3.05, 3.63) is 72.4 Å². The lowest BCUT2D eigenvalue weighted by molar-refractivity contribution is -0.137. The Morgan fingerprint density at radius 1 is 0.939 bits per heavy atom. The van der Waals surface area contributed by atoms with Gasteiger partial charge in [-0.05, 0) is 96.1 Å². The molecule has 4 heterocycles.